The van der Waals surface area contributed by atoms with Crippen LogP contribution >= 0.6 is 7.60 Å². The van der Waals surface area contributed by atoms with Gasteiger partial charge in [-0.1, -0.05) is 0 Å². The smallest absolute Gasteiger partial charge is 0.770 e. The van der Waals surface area contributed by atoms with Crippen LogP contribution < -0.4 is 34.5 Å². The molecule has 4 aliphatic rings. The average Bonchev–Trinajstić information content (AvgIpc) is 2.24. The van der Waals surface area contributed by atoms with Crippen molar-refractivity contribution in [1.29, 1.82) is 0 Å². The van der Waals surface area contributed by atoms with E-state index in [-0.39, 0.29) is 29.6 Å². The van der Waals surface area contributed by atoms with Crippen molar-refractivity contribution in [3.05, 3.63) is 0 Å². The van der Waals surface area contributed by atoms with E-state index in [2.05, 4.69) is 4.74 Å². The third-order valence-corrected chi connectivity index (χ3v) is 5.95. The summed E-state index contributed by atoms with van der Waals surface area (Å²) in [6.45, 7) is 0. The Bertz CT molecular complexity index is 389. The van der Waals surface area contributed by atoms with E-state index in [4.69, 9.17) is 4.52 Å². The van der Waals surface area contributed by atoms with Gasteiger partial charge in [-0.05, 0) is 56.3 Å². The molecule has 7 heteroatoms. The van der Waals surface area contributed by atoms with Gasteiger partial charge in [0.25, 0.3) is 0 Å². The van der Waals surface area contributed by atoms with Gasteiger partial charge < -0.3 is 14.2 Å². The van der Waals surface area contributed by atoms with Crippen molar-refractivity contribution in [2.24, 2.45) is 17.8 Å². The van der Waals surface area contributed by atoms with Crippen LogP contribution in [0.1, 0.15) is 38.5 Å². The molecule has 0 amide bonds. The average molecular weight is 296 g/mol. The predicted molar refractivity (Wildman–Crippen MR) is 62.0 cm³/mol. The first-order chi connectivity index (χ1) is 8.42. The normalized spacial score (nSPS) is 42.3. The summed E-state index contributed by atoms with van der Waals surface area (Å²) < 4.78 is 21.4. The first-order valence-corrected chi connectivity index (χ1v) is 8.07. The van der Waals surface area contributed by atoms with Gasteiger partial charge in [0.1, 0.15) is 0 Å². The summed E-state index contributed by atoms with van der Waals surface area (Å²) in [6, 6.07) is 0. The first-order valence-electron chi connectivity index (χ1n) is 6.53. The van der Waals surface area contributed by atoms with Crippen LogP contribution in [-0.4, -0.2) is 18.4 Å². The number of hydrogen-bond acceptors (Lipinski definition) is 5. The molecule has 0 heterocycles. The quantitative estimate of drug-likeness (QED) is 0.508. The molecule has 4 aliphatic carbocycles. The summed E-state index contributed by atoms with van der Waals surface area (Å²) in [6.07, 6.45) is 5.94. The van der Waals surface area contributed by atoms with Crippen LogP contribution in [0.2, 0.25) is 0 Å². The van der Waals surface area contributed by atoms with Crippen molar-refractivity contribution in [1.82, 2.24) is 0 Å². The van der Waals surface area contributed by atoms with Crippen molar-refractivity contribution >= 4 is 13.3 Å². The minimum atomic E-state index is -4.54. The second-order valence-corrected chi connectivity index (χ2v) is 7.70. The van der Waals surface area contributed by atoms with E-state index in [9.17, 15) is 14.3 Å². The molecule has 0 radical (unpaired) electrons. The fourth-order valence-corrected chi connectivity index (χ4v) is 5.58. The predicted octanol–water partition coefficient (Wildman–Crippen LogP) is -0.704. The van der Waals surface area contributed by atoms with Crippen LogP contribution in [-0.2, 0) is 13.8 Å². The molecule has 4 saturated carbocycles. The van der Waals surface area contributed by atoms with E-state index in [0.717, 1.165) is 26.4 Å². The Morgan fingerprint density at radius 1 is 1.16 bits per heavy atom. The Morgan fingerprint density at radius 2 is 1.58 bits per heavy atom. The van der Waals surface area contributed by atoms with E-state index < -0.39 is 18.9 Å². The number of rotatable bonds is 3. The summed E-state index contributed by atoms with van der Waals surface area (Å²) >= 11 is 0. The van der Waals surface area contributed by atoms with Crippen molar-refractivity contribution in [2.45, 2.75) is 44.1 Å². The van der Waals surface area contributed by atoms with Crippen molar-refractivity contribution in [2.75, 3.05) is 7.11 Å². The van der Waals surface area contributed by atoms with Crippen LogP contribution in [0.25, 0.3) is 0 Å². The monoisotopic (exact) mass is 296 g/mol. The fourth-order valence-electron chi connectivity index (χ4n) is 4.55. The molecule has 0 N–H and O–H groups in total. The Balaban J connectivity index is 0.00000133. The van der Waals surface area contributed by atoms with Gasteiger partial charge in [0.15, 0.2) is 0 Å². The molecule has 102 valence electrons. The fraction of sp³-hybridized carbons (Fsp3) is 0.917. The molecule has 0 aromatic carbocycles. The van der Waals surface area contributed by atoms with E-state index in [1.807, 2.05) is 0 Å². The third-order valence-electron chi connectivity index (χ3n) is 4.69. The molecular formula is C12H18NaO5P. The molecule has 0 aromatic rings. The Labute approximate surface area is 135 Å². The second-order valence-electron chi connectivity index (χ2n) is 6.16. The number of carbonyl (C=O) groups excluding carboxylic acids is 1. The van der Waals surface area contributed by atoms with Gasteiger partial charge in [0, 0.05) is 0 Å². The number of hydrogen-bond donors (Lipinski definition) is 0. The van der Waals surface area contributed by atoms with Crippen LogP contribution in [0.15, 0.2) is 0 Å². The molecule has 1 unspecified atom stereocenters. The van der Waals surface area contributed by atoms with Gasteiger partial charge in [0.05, 0.1) is 12.7 Å². The van der Waals surface area contributed by atoms with Gasteiger partial charge in [-0.2, -0.15) is 0 Å². The third kappa shape index (κ3) is 2.97. The SMILES string of the molecule is COC(=O)P(=O)([O-])OC12CC3CC(CC(C3)C1)C2.[Na+]. The zero-order valence-electron chi connectivity index (χ0n) is 11.5. The molecule has 4 fully saturated rings. The van der Waals surface area contributed by atoms with Crippen molar-refractivity contribution in [3.8, 4) is 0 Å². The molecule has 0 aromatic heterocycles. The first kappa shape index (κ1) is 16.0. The molecule has 1 atom stereocenters. The van der Waals surface area contributed by atoms with Crippen LogP contribution in [0.4, 0.5) is 4.79 Å². The summed E-state index contributed by atoms with van der Waals surface area (Å²) in [5.41, 5.74) is -1.86. The van der Waals surface area contributed by atoms with Crippen molar-refractivity contribution in [3.63, 3.8) is 0 Å². The maximum Gasteiger partial charge on any atom is 1.00 e. The maximum atomic E-state index is 11.8. The molecule has 5 nitrogen and oxygen atoms in total. The second kappa shape index (κ2) is 5.43. The summed E-state index contributed by atoms with van der Waals surface area (Å²) in [5.74, 6) is 1.73. The summed E-state index contributed by atoms with van der Waals surface area (Å²) in [7, 11) is -3.48. The van der Waals surface area contributed by atoms with Gasteiger partial charge in [-0.15, -0.1) is 0 Å². The molecule has 4 bridgehead atoms. The summed E-state index contributed by atoms with van der Waals surface area (Å²) in [4.78, 5) is 23.0. The van der Waals surface area contributed by atoms with Crippen molar-refractivity contribution < 1.29 is 53.1 Å². The van der Waals surface area contributed by atoms with Gasteiger partial charge >= 0.3 is 35.3 Å². The topological polar surface area (TPSA) is 75.7 Å². The number of methoxy groups -OCH3 is 1. The minimum Gasteiger partial charge on any atom is -0.770 e. The van der Waals surface area contributed by atoms with Crippen LogP contribution in [0, 0.1) is 17.8 Å². The van der Waals surface area contributed by atoms with E-state index in [1.165, 1.54) is 19.3 Å². The van der Waals surface area contributed by atoms with Gasteiger partial charge in [-0.25, -0.2) is 4.79 Å². The molecule has 0 aliphatic heterocycles. The molecule has 0 saturated heterocycles. The Hall–Kier alpha value is 0.620. The Kier molecular flexibility index (Phi) is 4.57. The standard InChI is InChI=1S/C12H19O5P.Na/c1-16-11(13)18(14,15)17-12-5-8-2-9(6-12)4-10(3-8)7-12;/h8-10H,2-7H2,1H3,(H,14,15);/q;+1/p-1. The molecule has 0 spiro atoms. The van der Waals surface area contributed by atoms with E-state index >= 15 is 0 Å². The number of ether oxygens (including phenoxy) is 1. The molecule has 19 heavy (non-hydrogen) atoms. The van der Waals surface area contributed by atoms with Gasteiger partial charge in [0.2, 0.25) is 7.60 Å². The Morgan fingerprint density at radius 3 is 1.95 bits per heavy atom. The zero-order chi connectivity index (χ0) is 13.0. The molecular weight excluding hydrogens is 278 g/mol. The number of carbonyl (C=O) groups is 1. The zero-order valence-corrected chi connectivity index (χ0v) is 14.4. The van der Waals surface area contributed by atoms with Crippen LogP contribution in [0.3, 0.4) is 0 Å². The van der Waals surface area contributed by atoms with Gasteiger partial charge in [-0.3, -0.25) is 4.57 Å². The van der Waals surface area contributed by atoms with E-state index in [0.29, 0.717) is 17.8 Å². The summed E-state index contributed by atoms with van der Waals surface area (Å²) in [5, 5.41) is 0. The minimum absolute atomic E-state index is 0. The largest absolute Gasteiger partial charge is 1.00 e. The maximum absolute atomic E-state index is 11.8. The van der Waals surface area contributed by atoms with E-state index in [1.54, 1.807) is 0 Å². The van der Waals surface area contributed by atoms with Crippen LogP contribution in [0.5, 0.6) is 0 Å². The molecule has 4 rings (SSSR count).